The molecule has 0 unspecified atom stereocenters. The van der Waals surface area contributed by atoms with Crippen LogP contribution in [0.15, 0.2) is 53.0 Å². The van der Waals surface area contributed by atoms with E-state index in [1.165, 1.54) is 38.8 Å². The summed E-state index contributed by atoms with van der Waals surface area (Å²) in [4.78, 5) is 2.41. The van der Waals surface area contributed by atoms with Crippen LogP contribution in [0.3, 0.4) is 0 Å². The maximum Gasteiger partial charge on any atom is 0.0561 e. The Bertz CT molecular complexity index is 862. The van der Waals surface area contributed by atoms with Crippen LogP contribution in [-0.2, 0) is 6.54 Å². The van der Waals surface area contributed by atoms with E-state index in [9.17, 15) is 0 Å². The fraction of sp³-hybridized carbons (Fsp3) is 0.158. The molecule has 0 saturated carbocycles. The van der Waals surface area contributed by atoms with Crippen molar-refractivity contribution >= 4 is 38.1 Å². The van der Waals surface area contributed by atoms with Gasteiger partial charge in [0.2, 0.25) is 0 Å². The zero-order chi connectivity index (χ0) is 14.6. The molecule has 0 spiro atoms. The molecule has 104 valence electrons. The van der Waals surface area contributed by atoms with Crippen molar-refractivity contribution in [2.45, 2.75) is 20.4 Å². The minimum Gasteiger partial charge on any atom is -0.336 e. The summed E-state index contributed by atoms with van der Waals surface area (Å²) in [5, 5.41) is 2.72. The zero-order valence-corrected chi connectivity index (χ0v) is 13.7. The summed E-state index contributed by atoms with van der Waals surface area (Å²) < 4.78 is 1.16. The molecule has 0 radical (unpaired) electrons. The van der Waals surface area contributed by atoms with Crippen LogP contribution in [0, 0.1) is 13.8 Å². The van der Waals surface area contributed by atoms with Crippen LogP contribution in [0.1, 0.15) is 16.7 Å². The predicted octanol–water partition coefficient (Wildman–Crippen LogP) is 5.87. The number of aryl methyl sites for hydroxylation is 2. The number of rotatable bonds is 1. The number of nitrogens with zero attached hydrogens (tertiary/aromatic N) is 1. The van der Waals surface area contributed by atoms with Crippen LogP contribution >= 0.6 is 15.9 Å². The number of halogens is 1. The highest BCUT2D eigenvalue weighted by molar-refractivity contribution is 9.10. The Labute approximate surface area is 133 Å². The van der Waals surface area contributed by atoms with Gasteiger partial charge in [0.25, 0.3) is 0 Å². The monoisotopic (exact) mass is 337 g/mol. The van der Waals surface area contributed by atoms with Crippen LogP contribution in [0.5, 0.6) is 0 Å². The van der Waals surface area contributed by atoms with Gasteiger partial charge in [0.15, 0.2) is 0 Å². The summed E-state index contributed by atoms with van der Waals surface area (Å²) in [6.45, 7) is 5.27. The predicted molar refractivity (Wildman–Crippen MR) is 93.4 cm³/mol. The molecule has 4 rings (SSSR count). The van der Waals surface area contributed by atoms with Crippen molar-refractivity contribution < 1.29 is 0 Å². The number of hydrogen-bond acceptors (Lipinski definition) is 1. The average Bonchev–Trinajstić information content (AvgIpc) is 2.84. The molecule has 0 N–H and O–H groups in total. The lowest BCUT2D eigenvalue weighted by atomic mass is 10.1. The van der Waals surface area contributed by atoms with Gasteiger partial charge in [-0.1, -0.05) is 30.3 Å². The molecule has 1 heterocycles. The smallest absolute Gasteiger partial charge is 0.0561 e. The van der Waals surface area contributed by atoms with Gasteiger partial charge in [-0.15, -0.1) is 0 Å². The summed E-state index contributed by atoms with van der Waals surface area (Å²) >= 11 is 3.74. The Morgan fingerprint density at radius 2 is 1.62 bits per heavy atom. The van der Waals surface area contributed by atoms with Gasteiger partial charge in [-0.05, 0) is 70.1 Å². The molecule has 1 aliphatic heterocycles. The first-order valence-electron chi connectivity index (χ1n) is 7.20. The summed E-state index contributed by atoms with van der Waals surface area (Å²) in [6.07, 6.45) is 0. The quantitative estimate of drug-likeness (QED) is 0.536. The van der Waals surface area contributed by atoms with Gasteiger partial charge in [-0.2, -0.15) is 0 Å². The first-order chi connectivity index (χ1) is 10.1. The van der Waals surface area contributed by atoms with Gasteiger partial charge >= 0.3 is 0 Å². The van der Waals surface area contributed by atoms with E-state index in [-0.39, 0.29) is 0 Å². The van der Waals surface area contributed by atoms with Crippen molar-refractivity contribution in [2.75, 3.05) is 4.90 Å². The van der Waals surface area contributed by atoms with Crippen LogP contribution < -0.4 is 4.90 Å². The minimum absolute atomic E-state index is 0.942. The molecular weight excluding hydrogens is 322 g/mol. The molecule has 0 aromatic heterocycles. The van der Waals surface area contributed by atoms with Gasteiger partial charge in [0, 0.05) is 22.1 Å². The number of hydrogen-bond donors (Lipinski definition) is 0. The molecule has 21 heavy (non-hydrogen) atoms. The van der Waals surface area contributed by atoms with Gasteiger partial charge in [0.1, 0.15) is 0 Å². The summed E-state index contributed by atoms with van der Waals surface area (Å²) in [5.74, 6) is 0. The fourth-order valence-corrected chi connectivity index (χ4v) is 3.87. The van der Waals surface area contributed by atoms with E-state index in [0.717, 1.165) is 11.0 Å². The Balaban J connectivity index is 1.95. The van der Waals surface area contributed by atoms with E-state index in [4.69, 9.17) is 0 Å². The molecule has 1 aliphatic rings. The van der Waals surface area contributed by atoms with Crippen molar-refractivity contribution in [3.8, 4) is 0 Å². The van der Waals surface area contributed by atoms with E-state index in [2.05, 4.69) is 83.2 Å². The molecule has 0 fully saturated rings. The van der Waals surface area contributed by atoms with E-state index in [0.29, 0.717) is 0 Å². The van der Waals surface area contributed by atoms with Crippen LogP contribution in [0.25, 0.3) is 10.8 Å². The number of anilines is 2. The molecule has 3 aromatic carbocycles. The zero-order valence-electron chi connectivity index (χ0n) is 12.2. The third kappa shape index (κ3) is 1.90. The van der Waals surface area contributed by atoms with E-state index < -0.39 is 0 Å². The van der Waals surface area contributed by atoms with Crippen LogP contribution in [0.2, 0.25) is 0 Å². The SMILES string of the molecule is Cc1cc(Br)c(N2Cc3cccc4cccc2c34)cc1C. The third-order valence-electron chi connectivity index (χ3n) is 4.44. The largest absolute Gasteiger partial charge is 0.336 e. The van der Waals surface area contributed by atoms with Gasteiger partial charge in [-0.25, -0.2) is 0 Å². The van der Waals surface area contributed by atoms with Crippen molar-refractivity contribution in [2.24, 2.45) is 0 Å². The molecule has 0 aliphatic carbocycles. The maximum absolute atomic E-state index is 3.74. The third-order valence-corrected chi connectivity index (χ3v) is 5.08. The molecule has 0 atom stereocenters. The van der Waals surface area contributed by atoms with Crippen LogP contribution in [-0.4, -0.2) is 0 Å². The van der Waals surface area contributed by atoms with Crippen molar-refractivity contribution in [3.05, 3.63) is 69.7 Å². The molecule has 2 heteroatoms. The van der Waals surface area contributed by atoms with Crippen molar-refractivity contribution in [1.29, 1.82) is 0 Å². The van der Waals surface area contributed by atoms with Gasteiger partial charge in [-0.3, -0.25) is 0 Å². The standard InChI is InChI=1S/C19H16BrN/c1-12-9-16(20)18(10-13(12)2)21-11-15-7-3-5-14-6-4-8-17(21)19(14)15/h3-10H,11H2,1-2H3. The molecule has 3 aromatic rings. The normalized spacial score (nSPS) is 13.2. The second kappa shape index (κ2) is 4.60. The van der Waals surface area contributed by atoms with E-state index in [1.807, 2.05) is 0 Å². The lowest BCUT2D eigenvalue weighted by Gasteiger charge is -2.22. The van der Waals surface area contributed by atoms with E-state index in [1.54, 1.807) is 0 Å². The highest BCUT2D eigenvalue weighted by Gasteiger charge is 2.23. The maximum atomic E-state index is 3.74. The van der Waals surface area contributed by atoms with Gasteiger partial charge < -0.3 is 4.90 Å². The Morgan fingerprint density at radius 3 is 2.43 bits per heavy atom. The summed E-state index contributed by atoms with van der Waals surface area (Å²) in [6, 6.07) is 17.6. The molecule has 0 bridgehead atoms. The van der Waals surface area contributed by atoms with Crippen molar-refractivity contribution in [1.82, 2.24) is 0 Å². The molecule has 0 saturated heterocycles. The lowest BCUT2D eigenvalue weighted by Crippen LogP contribution is -2.12. The van der Waals surface area contributed by atoms with E-state index >= 15 is 0 Å². The second-order valence-electron chi connectivity index (χ2n) is 5.77. The topological polar surface area (TPSA) is 3.24 Å². The number of benzene rings is 3. The van der Waals surface area contributed by atoms with Crippen molar-refractivity contribution in [3.63, 3.8) is 0 Å². The Hall–Kier alpha value is -1.80. The first-order valence-corrected chi connectivity index (χ1v) is 7.99. The Morgan fingerprint density at radius 1 is 0.905 bits per heavy atom. The average molecular weight is 338 g/mol. The molecule has 0 amide bonds. The highest BCUT2D eigenvalue weighted by Crippen LogP contribution is 2.44. The summed E-state index contributed by atoms with van der Waals surface area (Å²) in [7, 11) is 0. The van der Waals surface area contributed by atoms with Gasteiger partial charge in [0.05, 0.1) is 5.69 Å². The molecular formula is C19H16BrN. The van der Waals surface area contributed by atoms with Crippen LogP contribution in [0.4, 0.5) is 11.4 Å². The molecule has 1 nitrogen and oxygen atoms in total. The summed E-state index contributed by atoms with van der Waals surface area (Å²) in [5.41, 5.74) is 6.62. The minimum atomic E-state index is 0.942. The fourth-order valence-electron chi connectivity index (χ4n) is 3.20. The first kappa shape index (κ1) is 12.9. The lowest BCUT2D eigenvalue weighted by molar-refractivity contribution is 1.02. The second-order valence-corrected chi connectivity index (χ2v) is 6.62. The Kier molecular flexibility index (Phi) is 2.83. The highest BCUT2D eigenvalue weighted by atomic mass is 79.9.